The van der Waals surface area contributed by atoms with Crippen LogP contribution in [0.4, 0.5) is 0 Å². The normalized spacial score (nSPS) is 15.6. The molecule has 2 heterocycles. The minimum absolute atomic E-state index is 0.0848. The molecule has 1 aliphatic rings. The van der Waals surface area contributed by atoms with Crippen molar-refractivity contribution in [2.24, 2.45) is 7.05 Å². The Kier molecular flexibility index (Phi) is 4.83. The summed E-state index contributed by atoms with van der Waals surface area (Å²) in [6, 6.07) is 6.18. The van der Waals surface area contributed by atoms with E-state index in [2.05, 4.69) is 22.5 Å². The van der Waals surface area contributed by atoms with Crippen molar-refractivity contribution in [3.63, 3.8) is 0 Å². The molecule has 0 unspecified atom stereocenters. The van der Waals surface area contributed by atoms with E-state index in [1.54, 1.807) is 4.90 Å². The van der Waals surface area contributed by atoms with Crippen LogP contribution in [0.5, 0.6) is 0 Å². The van der Waals surface area contributed by atoms with E-state index in [1.165, 1.54) is 5.56 Å². The molecule has 1 fully saturated rings. The van der Waals surface area contributed by atoms with E-state index in [0.717, 1.165) is 35.9 Å². The number of nitrogens with zero attached hydrogens (tertiary/aromatic N) is 3. The maximum absolute atomic E-state index is 12.2. The molecule has 6 nitrogen and oxygen atoms in total. The predicted molar refractivity (Wildman–Crippen MR) is 92.3 cm³/mol. The Morgan fingerprint density at radius 3 is 2.96 bits per heavy atom. The van der Waals surface area contributed by atoms with Gasteiger partial charge in [0.15, 0.2) is 0 Å². The zero-order valence-corrected chi connectivity index (χ0v) is 14.3. The van der Waals surface area contributed by atoms with Gasteiger partial charge in [0.2, 0.25) is 11.8 Å². The zero-order chi connectivity index (χ0) is 17.1. The Hall–Kier alpha value is -2.37. The number of hydrogen-bond acceptors (Lipinski definition) is 3. The predicted octanol–water partition coefficient (Wildman–Crippen LogP) is 1.90. The first-order chi connectivity index (χ1) is 11.5. The van der Waals surface area contributed by atoms with Crippen molar-refractivity contribution in [3.05, 3.63) is 29.5 Å². The van der Waals surface area contributed by atoms with Crippen molar-refractivity contribution in [2.45, 2.75) is 39.2 Å². The van der Waals surface area contributed by atoms with Crippen molar-refractivity contribution >= 4 is 22.7 Å². The van der Waals surface area contributed by atoms with Crippen LogP contribution in [0.15, 0.2) is 18.2 Å². The van der Waals surface area contributed by atoms with Crippen LogP contribution in [0.1, 0.15) is 36.9 Å². The van der Waals surface area contributed by atoms with E-state index < -0.39 is 0 Å². The minimum atomic E-state index is -0.128. The van der Waals surface area contributed by atoms with Gasteiger partial charge < -0.3 is 10.2 Å². The highest BCUT2D eigenvalue weighted by molar-refractivity contribution is 5.86. The van der Waals surface area contributed by atoms with Crippen LogP contribution in [0.25, 0.3) is 10.9 Å². The molecule has 1 aromatic heterocycles. The number of carbonyl (C=O) groups is 2. The van der Waals surface area contributed by atoms with Gasteiger partial charge in [-0.1, -0.05) is 18.1 Å². The molecule has 24 heavy (non-hydrogen) atoms. The van der Waals surface area contributed by atoms with E-state index in [-0.39, 0.29) is 18.4 Å². The summed E-state index contributed by atoms with van der Waals surface area (Å²) in [5.74, 6) is -0.0433. The second-order valence-corrected chi connectivity index (χ2v) is 6.49. The quantitative estimate of drug-likeness (QED) is 0.932. The molecule has 0 bridgehead atoms. The molecule has 1 saturated heterocycles. The lowest BCUT2D eigenvalue weighted by molar-refractivity contribution is -0.135. The lowest BCUT2D eigenvalue weighted by Crippen LogP contribution is -2.40. The van der Waals surface area contributed by atoms with Crippen LogP contribution >= 0.6 is 0 Å². The number of aromatic nitrogens is 2. The van der Waals surface area contributed by atoms with Crippen molar-refractivity contribution in [3.8, 4) is 0 Å². The Balaban J connectivity index is 1.64. The number of amides is 2. The molecular formula is C18H24N4O2. The number of fused-ring (bicyclic) bond motifs is 1. The van der Waals surface area contributed by atoms with Gasteiger partial charge in [-0.2, -0.15) is 5.10 Å². The summed E-state index contributed by atoms with van der Waals surface area (Å²) in [7, 11) is 1.90. The van der Waals surface area contributed by atoms with Crippen LogP contribution in [0.2, 0.25) is 0 Å². The molecule has 1 aliphatic heterocycles. The fourth-order valence-corrected chi connectivity index (χ4v) is 3.20. The minimum Gasteiger partial charge on any atom is -0.349 e. The molecule has 0 saturated carbocycles. The summed E-state index contributed by atoms with van der Waals surface area (Å²) in [6.45, 7) is 3.24. The number of likely N-dealkylation sites (tertiary alicyclic amines) is 1. The van der Waals surface area contributed by atoms with Gasteiger partial charge in [0.25, 0.3) is 0 Å². The monoisotopic (exact) mass is 328 g/mol. The van der Waals surface area contributed by atoms with Gasteiger partial charge in [-0.25, -0.2) is 0 Å². The van der Waals surface area contributed by atoms with Crippen molar-refractivity contribution in [1.82, 2.24) is 20.0 Å². The molecule has 3 rings (SSSR count). The summed E-state index contributed by atoms with van der Waals surface area (Å²) < 4.78 is 1.83. The summed E-state index contributed by atoms with van der Waals surface area (Å²) in [4.78, 5) is 25.9. The highest BCUT2D eigenvalue weighted by Crippen LogP contribution is 2.19. The SMILES string of the molecule is Cc1ccc2c(c1)c(CNC(=O)CN1CCCCCC1=O)nn2C. The molecule has 0 aliphatic carbocycles. The first-order valence-electron chi connectivity index (χ1n) is 8.51. The topological polar surface area (TPSA) is 67.2 Å². The van der Waals surface area contributed by atoms with Gasteiger partial charge in [0.1, 0.15) is 0 Å². The molecule has 0 radical (unpaired) electrons. The van der Waals surface area contributed by atoms with Gasteiger partial charge in [0.05, 0.1) is 24.3 Å². The number of rotatable bonds is 4. The molecule has 1 aromatic carbocycles. The average molecular weight is 328 g/mol. The van der Waals surface area contributed by atoms with Crippen LogP contribution in [-0.4, -0.2) is 39.6 Å². The summed E-state index contributed by atoms with van der Waals surface area (Å²) in [6.07, 6.45) is 3.51. The Morgan fingerprint density at radius 2 is 2.12 bits per heavy atom. The lowest BCUT2D eigenvalue weighted by atomic mass is 10.1. The Bertz CT molecular complexity index is 766. The van der Waals surface area contributed by atoms with Gasteiger partial charge >= 0.3 is 0 Å². The van der Waals surface area contributed by atoms with Gasteiger partial charge in [-0.15, -0.1) is 0 Å². The second kappa shape index (κ2) is 7.03. The zero-order valence-electron chi connectivity index (χ0n) is 14.3. The lowest BCUT2D eigenvalue weighted by Gasteiger charge is -2.19. The average Bonchev–Trinajstić information content (AvgIpc) is 2.71. The van der Waals surface area contributed by atoms with E-state index >= 15 is 0 Å². The maximum Gasteiger partial charge on any atom is 0.239 e. The fourth-order valence-electron chi connectivity index (χ4n) is 3.20. The highest BCUT2D eigenvalue weighted by atomic mass is 16.2. The maximum atomic E-state index is 12.2. The molecule has 2 amide bonds. The van der Waals surface area contributed by atoms with E-state index in [9.17, 15) is 9.59 Å². The smallest absolute Gasteiger partial charge is 0.239 e. The first-order valence-corrected chi connectivity index (χ1v) is 8.51. The molecular weight excluding hydrogens is 304 g/mol. The largest absolute Gasteiger partial charge is 0.349 e. The number of hydrogen-bond donors (Lipinski definition) is 1. The summed E-state index contributed by atoms with van der Waals surface area (Å²) >= 11 is 0. The Labute approximate surface area is 141 Å². The molecule has 6 heteroatoms. The van der Waals surface area contributed by atoms with Crippen LogP contribution in [-0.2, 0) is 23.2 Å². The third kappa shape index (κ3) is 3.58. The van der Waals surface area contributed by atoms with Gasteiger partial charge in [-0.05, 0) is 31.9 Å². The van der Waals surface area contributed by atoms with Crippen molar-refractivity contribution in [1.29, 1.82) is 0 Å². The molecule has 128 valence electrons. The van der Waals surface area contributed by atoms with Crippen molar-refractivity contribution < 1.29 is 9.59 Å². The van der Waals surface area contributed by atoms with Crippen molar-refractivity contribution in [2.75, 3.05) is 13.1 Å². The second-order valence-electron chi connectivity index (χ2n) is 6.49. The number of nitrogens with one attached hydrogen (secondary N) is 1. The molecule has 0 atom stereocenters. The molecule has 1 N–H and O–H groups in total. The third-order valence-corrected chi connectivity index (χ3v) is 4.54. The van der Waals surface area contributed by atoms with E-state index in [0.29, 0.717) is 19.5 Å². The third-order valence-electron chi connectivity index (χ3n) is 4.54. The molecule has 0 spiro atoms. The molecule has 2 aromatic rings. The first kappa shape index (κ1) is 16.5. The standard InChI is InChI=1S/C18H24N4O2/c1-13-7-8-16-14(10-13)15(20-21(16)2)11-19-17(23)12-22-9-5-3-4-6-18(22)24/h7-8,10H,3-6,9,11-12H2,1-2H3,(H,19,23). The van der Waals surface area contributed by atoms with Crippen LogP contribution < -0.4 is 5.32 Å². The fraction of sp³-hybridized carbons (Fsp3) is 0.500. The van der Waals surface area contributed by atoms with Crippen LogP contribution in [0.3, 0.4) is 0 Å². The van der Waals surface area contributed by atoms with Crippen LogP contribution in [0, 0.1) is 6.92 Å². The summed E-state index contributed by atoms with van der Waals surface area (Å²) in [5, 5.41) is 8.46. The van der Waals surface area contributed by atoms with E-state index in [4.69, 9.17) is 0 Å². The van der Waals surface area contributed by atoms with Gasteiger partial charge in [-0.3, -0.25) is 14.3 Å². The number of aryl methyl sites for hydroxylation is 2. The van der Waals surface area contributed by atoms with E-state index in [1.807, 2.05) is 24.7 Å². The number of benzene rings is 1. The number of carbonyl (C=O) groups excluding carboxylic acids is 2. The Morgan fingerprint density at radius 1 is 1.29 bits per heavy atom. The van der Waals surface area contributed by atoms with Gasteiger partial charge in [0, 0.05) is 25.4 Å². The highest BCUT2D eigenvalue weighted by Gasteiger charge is 2.19. The summed E-state index contributed by atoms with van der Waals surface area (Å²) in [5.41, 5.74) is 3.07.